The zero-order valence-corrected chi connectivity index (χ0v) is 17.6. The molecule has 1 atom stereocenters. The number of hydrogen-bond donors (Lipinski definition) is 2. The number of benzene rings is 2. The number of aryl methyl sites for hydroxylation is 2. The van der Waals surface area contributed by atoms with Crippen molar-refractivity contribution in [3.05, 3.63) is 62.7 Å². The summed E-state index contributed by atoms with van der Waals surface area (Å²) in [6.07, 6.45) is 2.24. The third kappa shape index (κ3) is 3.17. The van der Waals surface area contributed by atoms with Crippen LogP contribution < -0.4 is 10.6 Å². The van der Waals surface area contributed by atoms with Crippen molar-refractivity contribution in [2.75, 3.05) is 11.9 Å². The van der Waals surface area contributed by atoms with Crippen LogP contribution in [0.3, 0.4) is 0 Å². The minimum Gasteiger partial charge on any atom is -0.324 e. The number of carbonyl (C=O) groups is 3. The van der Waals surface area contributed by atoms with E-state index >= 15 is 0 Å². The zero-order valence-electron chi connectivity index (χ0n) is 15.4. The Morgan fingerprint density at radius 1 is 1.25 bits per heavy atom. The van der Waals surface area contributed by atoms with Crippen LogP contribution in [0.2, 0.25) is 0 Å². The van der Waals surface area contributed by atoms with Crippen LogP contribution in [0.5, 0.6) is 0 Å². The van der Waals surface area contributed by atoms with E-state index in [1.165, 1.54) is 0 Å². The molecule has 4 amide bonds. The van der Waals surface area contributed by atoms with E-state index in [0.717, 1.165) is 38.0 Å². The standard InChI is InChI=1S/C21H20IN3O3/c1-13-8-9-15(11-17(13)22)23-18(26)12-25-19(27)21(24-20(25)28)10-4-6-14-5-2-3-7-16(14)21/h2-3,5,7-9,11H,4,6,10,12H2,1H3,(H,23,26)(H,24,28). The summed E-state index contributed by atoms with van der Waals surface area (Å²) in [6, 6.07) is 12.8. The van der Waals surface area contributed by atoms with E-state index in [-0.39, 0.29) is 12.5 Å². The Kier molecular flexibility index (Phi) is 4.86. The molecule has 28 heavy (non-hydrogen) atoms. The van der Waals surface area contributed by atoms with Crippen molar-refractivity contribution in [3.63, 3.8) is 0 Å². The number of imide groups is 1. The SMILES string of the molecule is Cc1ccc(NC(=O)CN2C(=O)NC3(CCCc4ccccc43)C2=O)cc1I. The Morgan fingerprint density at radius 3 is 2.82 bits per heavy atom. The van der Waals surface area contributed by atoms with Crippen molar-refractivity contribution in [1.82, 2.24) is 10.2 Å². The molecule has 2 N–H and O–H groups in total. The highest BCUT2D eigenvalue weighted by Crippen LogP contribution is 2.39. The molecule has 1 aliphatic heterocycles. The Labute approximate surface area is 176 Å². The summed E-state index contributed by atoms with van der Waals surface area (Å²) in [5.41, 5.74) is 2.62. The van der Waals surface area contributed by atoms with Crippen LogP contribution in [0.4, 0.5) is 10.5 Å². The number of nitrogens with zero attached hydrogens (tertiary/aromatic N) is 1. The highest BCUT2D eigenvalue weighted by atomic mass is 127. The molecule has 144 valence electrons. The van der Waals surface area contributed by atoms with Crippen LogP contribution >= 0.6 is 22.6 Å². The van der Waals surface area contributed by atoms with Crippen LogP contribution in [0.25, 0.3) is 0 Å². The molecule has 1 spiro atoms. The van der Waals surface area contributed by atoms with Gasteiger partial charge < -0.3 is 10.6 Å². The van der Waals surface area contributed by atoms with Crippen LogP contribution in [0.15, 0.2) is 42.5 Å². The van der Waals surface area contributed by atoms with Crippen molar-refractivity contribution in [1.29, 1.82) is 0 Å². The number of anilines is 1. The summed E-state index contributed by atoms with van der Waals surface area (Å²) < 4.78 is 1.03. The van der Waals surface area contributed by atoms with Gasteiger partial charge in [-0.2, -0.15) is 0 Å². The first-order chi connectivity index (χ1) is 13.4. The van der Waals surface area contributed by atoms with Crippen molar-refractivity contribution >= 4 is 46.1 Å². The maximum Gasteiger partial charge on any atom is 0.325 e. The lowest BCUT2D eigenvalue weighted by atomic mass is 9.76. The normalized spacial score (nSPS) is 20.9. The molecule has 1 heterocycles. The fourth-order valence-corrected chi connectivity index (χ4v) is 4.49. The van der Waals surface area contributed by atoms with Crippen molar-refractivity contribution in [2.45, 2.75) is 31.7 Å². The summed E-state index contributed by atoms with van der Waals surface area (Å²) in [6.45, 7) is 1.68. The van der Waals surface area contributed by atoms with Gasteiger partial charge >= 0.3 is 6.03 Å². The molecule has 2 aliphatic rings. The van der Waals surface area contributed by atoms with Crippen LogP contribution in [0, 0.1) is 10.5 Å². The summed E-state index contributed by atoms with van der Waals surface area (Å²) in [7, 11) is 0. The molecular formula is C21H20IN3O3. The molecule has 0 saturated carbocycles. The first kappa shape index (κ1) is 18.9. The Bertz CT molecular complexity index is 991. The van der Waals surface area contributed by atoms with Gasteiger partial charge in [0.2, 0.25) is 5.91 Å². The molecule has 1 saturated heterocycles. The van der Waals surface area contributed by atoms with E-state index in [0.29, 0.717) is 12.1 Å². The number of nitrogens with one attached hydrogen (secondary N) is 2. The molecule has 0 radical (unpaired) electrons. The predicted molar refractivity (Wildman–Crippen MR) is 114 cm³/mol. The lowest BCUT2D eigenvalue weighted by molar-refractivity contribution is -0.134. The average Bonchev–Trinajstić information content (AvgIpc) is 2.90. The van der Waals surface area contributed by atoms with E-state index in [9.17, 15) is 14.4 Å². The predicted octanol–water partition coefficient (Wildman–Crippen LogP) is 3.32. The lowest BCUT2D eigenvalue weighted by Crippen LogP contribution is -2.47. The summed E-state index contributed by atoms with van der Waals surface area (Å²) >= 11 is 2.20. The van der Waals surface area contributed by atoms with Crippen LogP contribution in [0.1, 0.15) is 29.5 Å². The summed E-state index contributed by atoms with van der Waals surface area (Å²) in [5, 5.41) is 5.64. The molecule has 2 aromatic carbocycles. The average molecular weight is 489 g/mol. The van der Waals surface area contributed by atoms with Gasteiger partial charge in [-0.25, -0.2) is 4.79 Å². The zero-order chi connectivity index (χ0) is 19.9. The number of amides is 4. The van der Waals surface area contributed by atoms with Gasteiger partial charge in [0.1, 0.15) is 12.1 Å². The second kappa shape index (κ2) is 7.20. The first-order valence-corrected chi connectivity index (χ1v) is 10.3. The van der Waals surface area contributed by atoms with Crippen LogP contribution in [-0.4, -0.2) is 29.3 Å². The quantitative estimate of drug-likeness (QED) is 0.513. The molecule has 0 bridgehead atoms. The van der Waals surface area contributed by atoms with E-state index in [4.69, 9.17) is 0 Å². The Hall–Kier alpha value is -2.42. The molecule has 6 nitrogen and oxygen atoms in total. The molecule has 4 rings (SSSR count). The second-order valence-electron chi connectivity index (χ2n) is 7.25. The minimum absolute atomic E-state index is 0.307. The number of halogens is 1. The summed E-state index contributed by atoms with van der Waals surface area (Å²) in [4.78, 5) is 39.3. The Morgan fingerprint density at radius 2 is 2.04 bits per heavy atom. The maximum absolute atomic E-state index is 13.2. The van der Waals surface area contributed by atoms with E-state index < -0.39 is 17.5 Å². The first-order valence-electron chi connectivity index (χ1n) is 9.19. The van der Waals surface area contributed by atoms with Crippen molar-refractivity contribution in [3.8, 4) is 0 Å². The van der Waals surface area contributed by atoms with Gasteiger partial charge in [0.15, 0.2) is 0 Å². The van der Waals surface area contributed by atoms with Gasteiger partial charge in [0.25, 0.3) is 5.91 Å². The molecular weight excluding hydrogens is 469 g/mol. The third-order valence-electron chi connectivity index (χ3n) is 5.41. The van der Waals surface area contributed by atoms with E-state index in [1.807, 2.05) is 43.3 Å². The highest BCUT2D eigenvalue weighted by Gasteiger charge is 2.54. The molecule has 7 heteroatoms. The fourth-order valence-electron chi connectivity index (χ4n) is 3.97. The van der Waals surface area contributed by atoms with Gasteiger partial charge in [-0.15, -0.1) is 0 Å². The number of urea groups is 1. The minimum atomic E-state index is -1.05. The molecule has 2 aromatic rings. The molecule has 0 aromatic heterocycles. The van der Waals surface area contributed by atoms with E-state index in [1.54, 1.807) is 6.07 Å². The fraction of sp³-hybridized carbons (Fsp3) is 0.286. The number of rotatable bonds is 3. The van der Waals surface area contributed by atoms with Crippen molar-refractivity contribution in [2.24, 2.45) is 0 Å². The van der Waals surface area contributed by atoms with Crippen molar-refractivity contribution < 1.29 is 14.4 Å². The molecule has 1 fully saturated rings. The number of hydrogen-bond acceptors (Lipinski definition) is 3. The topological polar surface area (TPSA) is 78.5 Å². The number of carbonyl (C=O) groups excluding carboxylic acids is 3. The maximum atomic E-state index is 13.2. The largest absolute Gasteiger partial charge is 0.325 e. The molecule has 1 aliphatic carbocycles. The van der Waals surface area contributed by atoms with Gasteiger partial charge in [0.05, 0.1) is 0 Å². The van der Waals surface area contributed by atoms with E-state index in [2.05, 4.69) is 33.2 Å². The summed E-state index contributed by atoms with van der Waals surface area (Å²) in [5.74, 6) is -0.748. The highest BCUT2D eigenvalue weighted by molar-refractivity contribution is 14.1. The molecule has 1 unspecified atom stereocenters. The monoisotopic (exact) mass is 489 g/mol. The van der Waals surface area contributed by atoms with Gasteiger partial charge in [-0.3, -0.25) is 14.5 Å². The second-order valence-corrected chi connectivity index (χ2v) is 8.41. The van der Waals surface area contributed by atoms with Crippen LogP contribution in [-0.2, 0) is 21.5 Å². The Balaban J connectivity index is 1.54. The van der Waals surface area contributed by atoms with Gasteiger partial charge in [0, 0.05) is 9.26 Å². The van der Waals surface area contributed by atoms with Gasteiger partial charge in [-0.05, 0) is 77.6 Å². The smallest absolute Gasteiger partial charge is 0.324 e. The lowest BCUT2D eigenvalue weighted by Gasteiger charge is -2.33. The third-order valence-corrected chi connectivity index (χ3v) is 6.57. The van der Waals surface area contributed by atoms with Gasteiger partial charge in [-0.1, -0.05) is 30.3 Å². The number of fused-ring (bicyclic) bond motifs is 2.